The molecule has 6 N–H and O–H groups in total. The Balaban J connectivity index is 4.93. The third kappa shape index (κ3) is 4.62. The summed E-state index contributed by atoms with van der Waals surface area (Å²) < 4.78 is 22.4. The fourth-order valence-electron chi connectivity index (χ4n) is 1.56. The highest BCUT2D eigenvalue weighted by Crippen LogP contribution is 2.68. The first-order valence-electron chi connectivity index (χ1n) is 5.95. The van der Waals surface area contributed by atoms with E-state index in [0.717, 1.165) is 13.3 Å². The average Bonchev–Trinajstić information content (AvgIpc) is 2.24. The Morgan fingerprint density at radius 1 is 1.11 bits per heavy atom. The lowest BCUT2D eigenvalue weighted by atomic mass is 10.1. The van der Waals surface area contributed by atoms with Crippen LogP contribution in [-0.2, 0) is 9.13 Å². The minimum atomic E-state index is -5.41. The van der Waals surface area contributed by atoms with Crippen LogP contribution in [0, 0.1) is 5.92 Å². The third-order valence-electron chi connectivity index (χ3n) is 3.22. The van der Waals surface area contributed by atoms with Crippen LogP contribution in [0.5, 0.6) is 0 Å². The Labute approximate surface area is 112 Å². The monoisotopic (exact) mass is 319 g/mol. The summed E-state index contributed by atoms with van der Waals surface area (Å²) in [5, 5.41) is 8.95. The standard InChI is InChI=1S/C9H23NO7P2/c1-4-7(2)5-6-10-8(3)9(11,18(12,13)14)19(15,16)17/h7-8,10-11H,4-6H2,1-3H3,(H2,12,13,14)(H2,15,16,17). The van der Waals surface area contributed by atoms with Crippen molar-refractivity contribution in [2.75, 3.05) is 6.54 Å². The van der Waals surface area contributed by atoms with E-state index in [4.69, 9.17) is 19.6 Å². The molecule has 0 spiro atoms. The van der Waals surface area contributed by atoms with Crippen LogP contribution in [0.25, 0.3) is 0 Å². The molecule has 0 saturated carbocycles. The number of hydrogen-bond acceptors (Lipinski definition) is 4. The van der Waals surface area contributed by atoms with Gasteiger partial charge in [0.1, 0.15) is 0 Å². The summed E-state index contributed by atoms with van der Waals surface area (Å²) in [6.45, 7) is 5.38. The lowest BCUT2D eigenvalue weighted by molar-refractivity contribution is 0.0999. The highest BCUT2D eigenvalue weighted by molar-refractivity contribution is 7.72. The molecule has 0 aromatic rings. The highest BCUT2D eigenvalue weighted by Gasteiger charge is 2.62. The summed E-state index contributed by atoms with van der Waals surface area (Å²) in [6, 6.07) is -1.45. The molecule has 10 heteroatoms. The molecule has 19 heavy (non-hydrogen) atoms. The minimum Gasteiger partial charge on any atom is -0.366 e. The smallest absolute Gasteiger partial charge is 0.366 e. The van der Waals surface area contributed by atoms with E-state index in [1.807, 2.05) is 13.8 Å². The molecule has 2 unspecified atom stereocenters. The van der Waals surface area contributed by atoms with Crippen LogP contribution in [0.3, 0.4) is 0 Å². The summed E-state index contributed by atoms with van der Waals surface area (Å²) in [5.74, 6) is 0.359. The summed E-state index contributed by atoms with van der Waals surface area (Å²) >= 11 is 0. The van der Waals surface area contributed by atoms with Crippen molar-refractivity contribution < 1.29 is 33.8 Å². The van der Waals surface area contributed by atoms with E-state index in [-0.39, 0.29) is 0 Å². The summed E-state index contributed by atoms with van der Waals surface area (Å²) in [4.78, 5) is 36.1. The van der Waals surface area contributed by atoms with Gasteiger partial charge in [0, 0.05) is 0 Å². The zero-order chi connectivity index (χ0) is 15.5. The quantitative estimate of drug-likeness (QED) is 0.352. The molecule has 0 amide bonds. The predicted molar refractivity (Wildman–Crippen MR) is 70.6 cm³/mol. The van der Waals surface area contributed by atoms with Crippen LogP contribution in [0.1, 0.15) is 33.6 Å². The van der Waals surface area contributed by atoms with Crippen LogP contribution in [0.15, 0.2) is 0 Å². The van der Waals surface area contributed by atoms with Crippen molar-refractivity contribution in [3.63, 3.8) is 0 Å². The van der Waals surface area contributed by atoms with Gasteiger partial charge in [0.2, 0.25) is 0 Å². The van der Waals surface area contributed by atoms with Gasteiger partial charge < -0.3 is 30.0 Å². The Morgan fingerprint density at radius 2 is 1.53 bits per heavy atom. The molecule has 0 aliphatic carbocycles. The predicted octanol–water partition coefficient (Wildman–Crippen LogP) is 0.402. The minimum absolute atomic E-state index is 0.290. The zero-order valence-corrected chi connectivity index (χ0v) is 13.0. The molecule has 0 saturated heterocycles. The average molecular weight is 319 g/mol. The maximum absolute atomic E-state index is 11.2. The molecule has 0 bridgehead atoms. The van der Waals surface area contributed by atoms with E-state index in [0.29, 0.717) is 18.9 Å². The number of hydrogen-bond donors (Lipinski definition) is 6. The molecule has 116 valence electrons. The first-order valence-corrected chi connectivity index (χ1v) is 9.17. The van der Waals surface area contributed by atoms with E-state index in [1.54, 1.807) is 0 Å². The van der Waals surface area contributed by atoms with Gasteiger partial charge in [0.15, 0.2) is 0 Å². The lowest BCUT2D eigenvalue weighted by Crippen LogP contribution is -2.48. The van der Waals surface area contributed by atoms with Gasteiger partial charge in [-0.25, -0.2) is 0 Å². The van der Waals surface area contributed by atoms with Crippen molar-refractivity contribution in [2.24, 2.45) is 5.92 Å². The maximum atomic E-state index is 11.2. The van der Waals surface area contributed by atoms with E-state index in [1.165, 1.54) is 0 Å². The van der Waals surface area contributed by atoms with Crippen molar-refractivity contribution in [1.82, 2.24) is 5.32 Å². The second-order valence-corrected chi connectivity index (χ2v) is 8.65. The molecular formula is C9H23NO7P2. The van der Waals surface area contributed by atoms with Gasteiger partial charge in [-0.1, -0.05) is 20.3 Å². The van der Waals surface area contributed by atoms with Gasteiger partial charge in [-0.3, -0.25) is 9.13 Å². The molecule has 0 heterocycles. The Hall–Kier alpha value is 0.220. The SMILES string of the molecule is CCC(C)CCNC(C)C(O)(P(=O)(O)O)P(=O)(O)O. The molecular weight excluding hydrogens is 296 g/mol. The van der Waals surface area contributed by atoms with E-state index >= 15 is 0 Å². The van der Waals surface area contributed by atoms with Gasteiger partial charge in [0.05, 0.1) is 6.04 Å². The molecule has 0 fully saturated rings. The van der Waals surface area contributed by atoms with Gasteiger partial charge in [-0.2, -0.15) is 0 Å². The van der Waals surface area contributed by atoms with Crippen LogP contribution in [0.4, 0.5) is 0 Å². The normalized spacial score (nSPS) is 17.3. The lowest BCUT2D eigenvalue weighted by Gasteiger charge is -2.35. The van der Waals surface area contributed by atoms with Crippen molar-refractivity contribution in [2.45, 2.75) is 44.7 Å². The maximum Gasteiger partial charge on any atom is 0.371 e. The van der Waals surface area contributed by atoms with Crippen molar-refractivity contribution in [3.8, 4) is 0 Å². The van der Waals surface area contributed by atoms with Gasteiger partial charge >= 0.3 is 15.2 Å². The summed E-state index contributed by atoms with van der Waals surface area (Å²) in [5.41, 5.74) is 0. The zero-order valence-electron chi connectivity index (χ0n) is 11.2. The van der Waals surface area contributed by atoms with Crippen molar-refractivity contribution in [3.05, 3.63) is 0 Å². The molecule has 0 aliphatic heterocycles. The molecule has 0 aromatic heterocycles. The fourth-order valence-corrected chi connectivity index (χ4v) is 4.11. The third-order valence-corrected chi connectivity index (χ3v) is 7.28. The van der Waals surface area contributed by atoms with E-state index in [9.17, 15) is 14.2 Å². The summed E-state index contributed by atoms with van der Waals surface area (Å²) in [7, 11) is -10.8. The molecule has 0 aliphatic rings. The second-order valence-electron chi connectivity index (χ2n) is 4.75. The van der Waals surface area contributed by atoms with E-state index in [2.05, 4.69) is 5.32 Å². The van der Waals surface area contributed by atoms with Crippen LogP contribution < -0.4 is 5.32 Å². The number of nitrogens with one attached hydrogen (secondary N) is 1. The Morgan fingerprint density at radius 3 is 1.84 bits per heavy atom. The van der Waals surface area contributed by atoms with Crippen LogP contribution in [-0.4, -0.2) is 42.3 Å². The molecule has 2 atom stereocenters. The van der Waals surface area contributed by atoms with Crippen LogP contribution >= 0.6 is 15.2 Å². The number of rotatable bonds is 8. The topological polar surface area (TPSA) is 147 Å². The highest BCUT2D eigenvalue weighted by atomic mass is 31.2. The molecule has 0 aromatic carbocycles. The van der Waals surface area contributed by atoms with Crippen LogP contribution in [0.2, 0.25) is 0 Å². The first-order chi connectivity index (χ1) is 8.38. The van der Waals surface area contributed by atoms with E-state index < -0.39 is 26.3 Å². The van der Waals surface area contributed by atoms with Gasteiger partial charge in [0.25, 0.3) is 5.08 Å². The molecule has 0 rings (SSSR count). The fraction of sp³-hybridized carbons (Fsp3) is 1.00. The second kappa shape index (κ2) is 6.78. The van der Waals surface area contributed by atoms with Gasteiger partial charge in [-0.05, 0) is 25.8 Å². The number of aliphatic hydroxyl groups is 1. The first kappa shape index (κ1) is 19.2. The molecule has 0 radical (unpaired) electrons. The Kier molecular flexibility index (Phi) is 6.86. The van der Waals surface area contributed by atoms with Crippen molar-refractivity contribution in [1.29, 1.82) is 0 Å². The molecule has 8 nitrogen and oxygen atoms in total. The Bertz CT molecular complexity index is 355. The van der Waals surface area contributed by atoms with Gasteiger partial charge in [-0.15, -0.1) is 0 Å². The summed E-state index contributed by atoms with van der Waals surface area (Å²) in [6.07, 6.45) is 1.58. The largest absolute Gasteiger partial charge is 0.371 e. The van der Waals surface area contributed by atoms with Crippen molar-refractivity contribution >= 4 is 15.2 Å².